The topological polar surface area (TPSA) is 100 Å². The summed E-state index contributed by atoms with van der Waals surface area (Å²) >= 11 is 6.60. The summed E-state index contributed by atoms with van der Waals surface area (Å²) in [5.74, 6) is -0.131. The van der Waals surface area contributed by atoms with Gasteiger partial charge in [0.1, 0.15) is 12.1 Å². The molecule has 0 radical (unpaired) electrons. The van der Waals surface area contributed by atoms with E-state index in [2.05, 4.69) is 15.6 Å². The molecule has 0 spiro atoms. The minimum Gasteiger partial charge on any atom is -0.391 e. The van der Waals surface area contributed by atoms with E-state index in [1.54, 1.807) is 4.68 Å². The van der Waals surface area contributed by atoms with Crippen molar-refractivity contribution in [1.29, 1.82) is 0 Å². The highest BCUT2D eigenvalue weighted by Crippen LogP contribution is 2.40. The van der Waals surface area contributed by atoms with Crippen LogP contribution in [0.5, 0.6) is 0 Å². The van der Waals surface area contributed by atoms with E-state index in [4.69, 9.17) is 11.6 Å². The molecule has 2 aliphatic rings. The molecule has 2 aromatic carbocycles. The van der Waals surface area contributed by atoms with Crippen LogP contribution in [0.15, 0.2) is 54.7 Å². The van der Waals surface area contributed by atoms with Gasteiger partial charge in [-0.25, -0.2) is 4.68 Å². The Labute approximate surface area is 234 Å². The Kier molecular flexibility index (Phi) is 7.53. The van der Waals surface area contributed by atoms with Crippen molar-refractivity contribution in [1.82, 2.24) is 25.2 Å². The van der Waals surface area contributed by atoms with E-state index in [1.165, 1.54) is 4.90 Å². The van der Waals surface area contributed by atoms with E-state index in [-0.39, 0.29) is 30.8 Å². The molecule has 1 aromatic heterocycles. The van der Waals surface area contributed by atoms with Crippen molar-refractivity contribution in [2.45, 2.75) is 77.1 Å². The molecule has 3 aromatic rings. The molecule has 2 heterocycles. The maximum absolute atomic E-state index is 13.9. The lowest BCUT2D eigenvalue weighted by Gasteiger charge is -2.34. The molecule has 1 saturated carbocycles. The summed E-state index contributed by atoms with van der Waals surface area (Å²) in [5.41, 5.74) is 3.21. The molecule has 4 atom stereocenters. The third-order valence-corrected chi connectivity index (χ3v) is 7.96. The Morgan fingerprint density at radius 3 is 2.49 bits per heavy atom. The van der Waals surface area contributed by atoms with Crippen LogP contribution >= 0.6 is 11.6 Å². The highest BCUT2D eigenvalue weighted by molar-refractivity contribution is 6.33. The number of rotatable bonds is 7. The Balaban J connectivity index is 1.32. The molecule has 1 saturated heterocycles. The van der Waals surface area contributed by atoms with Gasteiger partial charge in [-0.3, -0.25) is 9.59 Å². The monoisotopic (exact) mass is 549 g/mol. The molecule has 39 heavy (non-hydrogen) atoms. The van der Waals surface area contributed by atoms with Gasteiger partial charge >= 0.3 is 0 Å². The number of halogens is 1. The molecule has 8 nitrogen and oxygen atoms in total. The van der Waals surface area contributed by atoms with Gasteiger partial charge in [-0.05, 0) is 42.4 Å². The highest BCUT2D eigenvalue weighted by atomic mass is 35.5. The van der Waals surface area contributed by atoms with E-state index in [0.29, 0.717) is 10.9 Å². The van der Waals surface area contributed by atoms with Crippen LogP contribution in [0.2, 0.25) is 5.02 Å². The van der Waals surface area contributed by atoms with Crippen molar-refractivity contribution in [2.24, 2.45) is 5.41 Å². The van der Waals surface area contributed by atoms with E-state index >= 15 is 0 Å². The van der Waals surface area contributed by atoms with Crippen LogP contribution in [0.25, 0.3) is 11.1 Å². The van der Waals surface area contributed by atoms with Gasteiger partial charge in [-0.2, -0.15) is 0 Å². The van der Waals surface area contributed by atoms with Crippen molar-refractivity contribution in [2.75, 3.05) is 6.54 Å². The second-order valence-corrected chi connectivity index (χ2v) is 12.3. The van der Waals surface area contributed by atoms with Gasteiger partial charge in [-0.15, -0.1) is 5.10 Å². The maximum Gasteiger partial charge on any atom is 0.248 e. The van der Waals surface area contributed by atoms with Crippen LogP contribution in [0.1, 0.15) is 76.2 Å². The lowest BCUT2D eigenvalue weighted by atomic mass is 9.85. The maximum atomic E-state index is 13.9. The lowest BCUT2D eigenvalue weighted by molar-refractivity contribution is -0.144. The second-order valence-electron chi connectivity index (χ2n) is 11.9. The predicted molar refractivity (Wildman–Crippen MR) is 150 cm³/mol. The van der Waals surface area contributed by atoms with E-state index < -0.39 is 23.6 Å². The summed E-state index contributed by atoms with van der Waals surface area (Å²) in [6.45, 7) is 7.90. The fraction of sp³-hybridized carbons (Fsp3) is 0.467. The van der Waals surface area contributed by atoms with Crippen molar-refractivity contribution in [3.05, 3.63) is 71.0 Å². The minimum absolute atomic E-state index is 0.0969. The summed E-state index contributed by atoms with van der Waals surface area (Å²) in [6.07, 6.45) is 3.44. The summed E-state index contributed by atoms with van der Waals surface area (Å²) in [4.78, 5) is 28.9. The standard InChI is InChI=1S/C30H36ClN5O3/c1-18(21-12-13-23(24(31)14-21)19-8-6-5-7-9-19)32-28(38)26-15-22(37)16-35(26)29(39)27(30(2,3)4)36-17-25(33-34-36)20-10-11-20/h5-9,12-14,17-18,20,22,26-27,37H,10-11,15-16H2,1-4H3,(H,32,38). The van der Waals surface area contributed by atoms with E-state index in [9.17, 15) is 14.7 Å². The first-order chi connectivity index (χ1) is 18.5. The number of aromatic nitrogens is 3. The zero-order valence-electron chi connectivity index (χ0n) is 22.8. The third-order valence-electron chi connectivity index (χ3n) is 7.64. The van der Waals surface area contributed by atoms with Gasteiger partial charge in [0, 0.05) is 35.7 Å². The minimum atomic E-state index is -0.787. The van der Waals surface area contributed by atoms with Crippen molar-refractivity contribution >= 4 is 23.4 Å². The Hall–Kier alpha value is -3.23. The molecule has 1 aliphatic heterocycles. The molecule has 2 N–H and O–H groups in total. The number of hydrogen-bond acceptors (Lipinski definition) is 5. The summed E-state index contributed by atoms with van der Waals surface area (Å²) < 4.78 is 1.63. The Morgan fingerprint density at radius 2 is 1.85 bits per heavy atom. The highest BCUT2D eigenvalue weighted by Gasteiger charge is 2.45. The number of likely N-dealkylation sites (tertiary alicyclic amines) is 1. The van der Waals surface area contributed by atoms with Gasteiger partial charge in [0.25, 0.3) is 0 Å². The quantitative estimate of drug-likeness (QED) is 0.436. The first-order valence-electron chi connectivity index (χ1n) is 13.6. The van der Waals surface area contributed by atoms with Crippen LogP contribution in [0.3, 0.4) is 0 Å². The summed E-state index contributed by atoms with van der Waals surface area (Å²) in [6, 6.07) is 13.9. The van der Waals surface area contributed by atoms with Crippen LogP contribution in [-0.4, -0.2) is 55.5 Å². The molecule has 1 aliphatic carbocycles. The normalized spacial score (nSPS) is 21.0. The number of carbonyl (C=O) groups excluding carboxylic acids is 2. The lowest BCUT2D eigenvalue weighted by Crippen LogP contribution is -2.50. The summed E-state index contributed by atoms with van der Waals surface area (Å²) in [5, 5.41) is 22.7. The SMILES string of the molecule is CC(NC(=O)C1CC(O)CN1C(=O)C(n1cc(C2CC2)nn1)C(C)(C)C)c1ccc(-c2ccccc2)c(Cl)c1. The number of aliphatic hydroxyl groups is 1. The number of carbonyl (C=O) groups is 2. The molecule has 9 heteroatoms. The molecular weight excluding hydrogens is 514 g/mol. The summed E-state index contributed by atoms with van der Waals surface area (Å²) in [7, 11) is 0. The molecule has 206 valence electrons. The number of nitrogens with zero attached hydrogens (tertiary/aromatic N) is 4. The molecule has 0 bridgehead atoms. The largest absolute Gasteiger partial charge is 0.391 e. The zero-order valence-corrected chi connectivity index (χ0v) is 23.6. The van der Waals surface area contributed by atoms with Gasteiger partial charge in [0.2, 0.25) is 11.8 Å². The number of β-amino-alcohol motifs (C(OH)–C–C–N with tert-alkyl or cyclic N) is 1. The first kappa shape index (κ1) is 27.3. The average molecular weight is 550 g/mol. The zero-order chi connectivity index (χ0) is 27.9. The number of nitrogens with one attached hydrogen (secondary N) is 1. The first-order valence-corrected chi connectivity index (χ1v) is 14.0. The van der Waals surface area contributed by atoms with Gasteiger partial charge in [0.05, 0.1) is 17.8 Å². The molecule has 5 rings (SSSR count). The molecular formula is C30H36ClN5O3. The van der Waals surface area contributed by atoms with Gasteiger partial charge in [0.15, 0.2) is 0 Å². The van der Waals surface area contributed by atoms with Crippen LogP contribution in [-0.2, 0) is 9.59 Å². The Morgan fingerprint density at radius 1 is 1.13 bits per heavy atom. The van der Waals surface area contributed by atoms with Crippen LogP contribution < -0.4 is 5.32 Å². The van der Waals surface area contributed by atoms with Crippen molar-refractivity contribution < 1.29 is 14.7 Å². The van der Waals surface area contributed by atoms with Crippen LogP contribution in [0, 0.1) is 5.41 Å². The van der Waals surface area contributed by atoms with Crippen LogP contribution in [0.4, 0.5) is 0 Å². The smallest absolute Gasteiger partial charge is 0.248 e. The number of hydrogen-bond donors (Lipinski definition) is 2. The van der Waals surface area contributed by atoms with Gasteiger partial charge in [-0.1, -0.05) is 80.1 Å². The Bertz CT molecular complexity index is 1350. The fourth-order valence-corrected chi connectivity index (χ4v) is 5.67. The van der Waals surface area contributed by atoms with E-state index in [1.807, 2.05) is 82.4 Å². The second kappa shape index (κ2) is 10.7. The predicted octanol–water partition coefficient (Wildman–Crippen LogP) is 4.90. The fourth-order valence-electron chi connectivity index (χ4n) is 5.37. The number of amides is 2. The van der Waals surface area contributed by atoms with E-state index in [0.717, 1.165) is 35.2 Å². The molecule has 2 amide bonds. The molecule has 2 fully saturated rings. The van der Waals surface area contributed by atoms with Crippen molar-refractivity contribution in [3.8, 4) is 11.1 Å². The van der Waals surface area contributed by atoms with Crippen molar-refractivity contribution in [3.63, 3.8) is 0 Å². The number of benzene rings is 2. The third kappa shape index (κ3) is 5.87. The molecule has 4 unspecified atom stereocenters. The average Bonchev–Trinajstić information content (AvgIpc) is 3.50. The van der Waals surface area contributed by atoms with Gasteiger partial charge < -0.3 is 15.3 Å². The number of aliphatic hydroxyl groups excluding tert-OH is 1.